The second-order valence-corrected chi connectivity index (χ2v) is 1.24. The van der Waals surface area contributed by atoms with Crippen LogP contribution in [0.2, 0.25) is 0 Å². The lowest BCUT2D eigenvalue weighted by Gasteiger charge is -1.90. The monoisotopic (exact) mass is 180 g/mol. The van der Waals surface area contributed by atoms with Gasteiger partial charge in [0.05, 0.1) is 0 Å². The molecule has 0 aliphatic heterocycles. The van der Waals surface area contributed by atoms with Crippen molar-refractivity contribution in [2.45, 2.75) is 0 Å². The van der Waals surface area contributed by atoms with Gasteiger partial charge in [-0.3, -0.25) is 0 Å². The van der Waals surface area contributed by atoms with Crippen molar-refractivity contribution in [2.24, 2.45) is 0 Å². The lowest BCUT2D eigenvalue weighted by molar-refractivity contribution is 0.845. The second kappa shape index (κ2) is 23.0. The van der Waals surface area contributed by atoms with Crippen LogP contribution in [0.3, 0.4) is 0 Å². The lowest BCUT2D eigenvalue weighted by atomic mass is 10.5. The van der Waals surface area contributed by atoms with E-state index in [-0.39, 0.29) is 33.2 Å². The van der Waals surface area contributed by atoms with Gasteiger partial charge in [-0.2, -0.15) is 0 Å². The minimum absolute atomic E-state index is 0. The summed E-state index contributed by atoms with van der Waals surface area (Å²) in [4.78, 5) is 0. The Balaban J connectivity index is -0.0000000600. The maximum Gasteiger partial charge on any atom is 0.0135 e. The molecule has 0 saturated carbocycles. The molecule has 0 unspecified atom stereocenters. The highest BCUT2D eigenvalue weighted by molar-refractivity contribution is 5.85. The van der Waals surface area contributed by atoms with E-state index in [4.69, 9.17) is 0 Å². The number of hydrogen-bond acceptors (Lipinski definition) is 1. The van der Waals surface area contributed by atoms with Crippen LogP contribution in [0.4, 0.5) is 0 Å². The van der Waals surface area contributed by atoms with Gasteiger partial charge >= 0.3 is 0 Å². The van der Waals surface area contributed by atoms with Crippen molar-refractivity contribution >= 4 is 33.2 Å². The van der Waals surface area contributed by atoms with Gasteiger partial charge in [-0.1, -0.05) is 12.2 Å². The van der Waals surface area contributed by atoms with Crippen molar-refractivity contribution in [1.82, 2.24) is 5.32 Å². The number of hydrogen-bond donors (Lipinski definition) is 1. The molecule has 0 saturated heterocycles. The Morgan fingerprint density at radius 1 is 1.00 bits per heavy atom. The second-order valence-electron chi connectivity index (χ2n) is 1.24. The average molecular weight is 181 g/mol. The fraction of sp³-hybridized carbons (Fsp3) is 0.333. The Hall–Kier alpha value is 0.0849. The third-order valence-electron chi connectivity index (χ3n) is 0.577. The molecule has 0 aromatic carbocycles. The summed E-state index contributed by atoms with van der Waals surface area (Å²) in [6.45, 7) is 8.81. The summed E-state index contributed by atoms with van der Waals surface area (Å²) in [6, 6.07) is 0. The Labute approximate surface area is 77.4 Å². The van der Waals surface area contributed by atoms with Gasteiger partial charge in [0.15, 0.2) is 0 Å². The molecule has 1 N–H and O–H groups in total. The zero-order valence-electron chi connectivity index (χ0n) is 5.88. The van der Waals surface area contributed by atoms with E-state index in [0.29, 0.717) is 0 Å². The van der Waals surface area contributed by atoms with E-state index < -0.39 is 0 Å². The summed E-state index contributed by atoms with van der Waals surface area (Å²) < 4.78 is 0. The Kier molecular flexibility index (Phi) is 51.6. The first kappa shape index (κ1) is 22.5. The Morgan fingerprint density at radius 3 is 1.50 bits per heavy atom. The van der Waals surface area contributed by atoms with Crippen molar-refractivity contribution in [1.29, 1.82) is 0 Å². The quantitative estimate of drug-likeness (QED) is 0.392. The molecule has 0 bridgehead atoms. The number of nitrogens with one attached hydrogen (secondary N) is 1. The molecule has 0 aliphatic carbocycles. The molecule has 59 valence electrons. The molecule has 0 atom stereocenters. The van der Waals surface area contributed by atoms with Crippen molar-refractivity contribution in [2.75, 3.05) is 13.1 Å². The van der Waals surface area contributed by atoms with Gasteiger partial charge in [0.25, 0.3) is 0 Å². The highest BCUT2D eigenvalue weighted by Gasteiger charge is 1.69. The van der Waals surface area contributed by atoms with E-state index in [1.165, 1.54) is 0 Å². The summed E-state index contributed by atoms with van der Waals surface area (Å²) >= 11 is 0. The Bertz CT molecular complexity index is 60.8. The van der Waals surface area contributed by atoms with Crippen molar-refractivity contribution in [3.05, 3.63) is 25.3 Å². The van der Waals surface area contributed by atoms with E-state index >= 15 is 0 Å². The maximum atomic E-state index is 3.54. The largest absolute Gasteiger partial charge is 0.310 e. The lowest BCUT2D eigenvalue weighted by Crippen LogP contribution is -2.11. The molecule has 10 heavy (non-hydrogen) atoms. The molecule has 0 rings (SSSR count). The molecule has 0 fully saturated rings. The van der Waals surface area contributed by atoms with E-state index in [2.05, 4.69) is 18.5 Å². The topological polar surface area (TPSA) is 12.0 Å². The molecule has 0 spiro atoms. The predicted molar refractivity (Wildman–Crippen MR) is 53.5 cm³/mol. The molecule has 0 aromatic rings. The van der Waals surface area contributed by atoms with Gasteiger partial charge in [-0.25, -0.2) is 0 Å². The highest BCUT2D eigenvalue weighted by Crippen LogP contribution is 1.59. The third kappa shape index (κ3) is 24.3. The van der Waals surface area contributed by atoms with Gasteiger partial charge in [0, 0.05) is 21.5 Å². The van der Waals surface area contributed by atoms with Crippen LogP contribution in [0.1, 0.15) is 0 Å². The molecule has 1 nitrogen and oxygen atoms in total. The first-order valence-electron chi connectivity index (χ1n) is 2.34. The molecular formula is C6H13BCl2N. The SMILES string of the molecule is C=CCNCC=C.Cl.Cl.[B]. The van der Waals surface area contributed by atoms with E-state index in [1.54, 1.807) is 0 Å². The number of halogens is 2. The summed E-state index contributed by atoms with van der Waals surface area (Å²) in [5.41, 5.74) is 0. The van der Waals surface area contributed by atoms with Gasteiger partial charge in [-0.05, 0) is 0 Å². The van der Waals surface area contributed by atoms with Gasteiger partial charge < -0.3 is 5.32 Å². The summed E-state index contributed by atoms with van der Waals surface area (Å²) in [5.74, 6) is 0. The van der Waals surface area contributed by atoms with Crippen LogP contribution in [-0.4, -0.2) is 21.5 Å². The minimum Gasteiger partial charge on any atom is -0.310 e. The van der Waals surface area contributed by atoms with Crippen molar-refractivity contribution in [3.8, 4) is 0 Å². The first-order chi connectivity index (χ1) is 3.41. The molecular weight excluding hydrogens is 168 g/mol. The third-order valence-corrected chi connectivity index (χ3v) is 0.577. The van der Waals surface area contributed by atoms with E-state index in [0.717, 1.165) is 13.1 Å². The fourth-order valence-electron chi connectivity index (χ4n) is 0.287. The molecule has 3 radical (unpaired) electrons. The average Bonchev–Trinajstić information content (AvgIpc) is 1.69. The van der Waals surface area contributed by atoms with Gasteiger partial charge in [0.1, 0.15) is 0 Å². The summed E-state index contributed by atoms with van der Waals surface area (Å²) in [7, 11) is 0. The fourth-order valence-corrected chi connectivity index (χ4v) is 0.287. The molecule has 4 heteroatoms. The highest BCUT2D eigenvalue weighted by atomic mass is 35.5. The molecule has 0 aromatic heterocycles. The molecule has 0 amide bonds. The smallest absolute Gasteiger partial charge is 0.0135 e. The van der Waals surface area contributed by atoms with Crippen LogP contribution in [0, 0.1) is 0 Å². The van der Waals surface area contributed by atoms with Gasteiger partial charge in [-0.15, -0.1) is 38.0 Å². The predicted octanol–water partition coefficient (Wildman–Crippen LogP) is 1.41. The minimum atomic E-state index is 0. The van der Waals surface area contributed by atoms with Crippen LogP contribution in [0.25, 0.3) is 0 Å². The maximum absolute atomic E-state index is 3.54. The standard InChI is InChI=1S/C6H11N.B.2ClH/c1-3-5-7-6-4-2;;;/h3-4,7H,1-2,5-6H2;;2*1H. The molecule has 0 heterocycles. The van der Waals surface area contributed by atoms with Crippen LogP contribution >= 0.6 is 24.8 Å². The van der Waals surface area contributed by atoms with Crippen molar-refractivity contribution in [3.63, 3.8) is 0 Å². The summed E-state index contributed by atoms with van der Waals surface area (Å²) in [6.07, 6.45) is 3.65. The van der Waals surface area contributed by atoms with Crippen LogP contribution in [0.5, 0.6) is 0 Å². The molecule has 0 aliphatic rings. The summed E-state index contributed by atoms with van der Waals surface area (Å²) in [5, 5.41) is 3.05. The van der Waals surface area contributed by atoms with Gasteiger partial charge in [0.2, 0.25) is 0 Å². The zero-order chi connectivity index (χ0) is 5.54. The van der Waals surface area contributed by atoms with Crippen LogP contribution < -0.4 is 5.32 Å². The van der Waals surface area contributed by atoms with Crippen LogP contribution in [-0.2, 0) is 0 Å². The Morgan fingerprint density at radius 2 is 1.30 bits per heavy atom. The van der Waals surface area contributed by atoms with E-state index in [9.17, 15) is 0 Å². The normalized spacial score (nSPS) is 5.60. The van der Waals surface area contributed by atoms with Crippen LogP contribution in [0.15, 0.2) is 25.3 Å². The number of rotatable bonds is 4. The first-order valence-corrected chi connectivity index (χ1v) is 2.34. The van der Waals surface area contributed by atoms with Crippen molar-refractivity contribution < 1.29 is 0 Å². The zero-order valence-corrected chi connectivity index (χ0v) is 7.51. The van der Waals surface area contributed by atoms with E-state index in [1.807, 2.05) is 12.2 Å².